The summed E-state index contributed by atoms with van der Waals surface area (Å²) >= 11 is 6.10. The minimum atomic E-state index is -0.520. The summed E-state index contributed by atoms with van der Waals surface area (Å²) in [5.74, 6) is 0.696. The SMILES string of the molecule is CC(C)(C)c1ccc(-c2noc(CN3CCC(C(=O)Nc4cc([N+](=O)[O-])ccc4Cl)CC3)n2)cc1. The molecule has 10 heteroatoms. The number of carbonyl (C=O) groups is 1. The van der Waals surface area contributed by atoms with Gasteiger partial charge in [-0.2, -0.15) is 4.98 Å². The van der Waals surface area contributed by atoms with Crippen molar-refractivity contribution < 1.29 is 14.2 Å². The van der Waals surface area contributed by atoms with Crippen molar-refractivity contribution in [2.45, 2.75) is 45.6 Å². The van der Waals surface area contributed by atoms with Gasteiger partial charge in [-0.3, -0.25) is 19.8 Å². The maximum atomic E-state index is 12.7. The highest BCUT2D eigenvalue weighted by Crippen LogP contribution is 2.29. The molecule has 0 radical (unpaired) electrons. The summed E-state index contributed by atoms with van der Waals surface area (Å²) in [7, 11) is 0. The zero-order chi connectivity index (χ0) is 25.2. The van der Waals surface area contributed by atoms with Crippen molar-refractivity contribution in [2.24, 2.45) is 5.92 Å². The molecule has 1 aliphatic heterocycles. The van der Waals surface area contributed by atoms with Gasteiger partial charge in [0, 0.05) is 23.6 Å². The number of nitrogens with zero attached hydrogens (tertiary/aromatic N) is 4. The van der Waals surface area contributed by atoms with E-state index in [4.69, 9.17) is 16.1 Å². The Kier molecular flexibility index (Phi) is 7.18. The van der Waals surface area contributed by atoms with Gasteiger partial charge in [-0.25, -0.2) is 0 Å². The second-order valence-corrected chi connectivity index (χ2v) is 10.2. The van der Waals surface area contributed by atoms with Crippen molar-refractivity contribution in [2.75, 3.05) is 18.4 Å². The number of likely N-dealkylation sites (tertiary alicyclic amines) is 1. The van der Waals surface area contributed by atoms with Gasteiger partial charge in [0.1, 0.15) is 0 Å². The molecule has 1 aromatic heterocycles. The summed E-state index contributed by atoms with van der Waals surface area (Å²) < 4.78 is 5.46. The monoisotopic (exact) mass is 497 g/mol. The first kappa shape index (κ1) is 24.8. The Bertz CT molecular complexity index is 1210. The smallest absolute Gasteiger partial charge is 0.271 e. The standard InChI is InChI=1S/C25H28ClN5O4/c1-25(2,3)18-6-4-16(5-7-18)23-28-22(35-29-23)15-30-12-10-17(11-13-30)24(32)27-21-14-19(31(33)34)8-9-20(21)26/h4-9,14,17H,10-13,15H2,1-3H3,(H,27,32). The van der Waals surface area contributed by atoms with Gasteiger partial charge < -0.3 is 9.84 Å². The van der Waals surface area contributed by atoms with Gasteiger partial charge >= 0.3 is 0 Å². The van der Waals surface area contributed by atoms with E-state index in [1.165, 1.54) is 23.8 Å². The van der Waals surface area contributed by atoms with Gasteiger partial charge in [-0.05, 0) is 43.0 Å². The van der Waals surface area contributed by atoms with Crippen LogP contribution in [0.2, 0.25) is 5.02 Å². The maximum absolute atomic E-state index is 12.7. The highest BCUT2D eigenvalue weighted by molar-refractivity contribution is 6.33. The molecule has 2 aromatic carbocycles. The van der Waals surface area contributed by atoms with Crippen LogP contribution in [-0.4, -0.2) is 39.0 Å². The summed E-state index contributed by atoms with van der Waals surface area (Å²) in [5, 5.41) is 18.1. The normalized spacial score (nSPS) is 15.2. The van der Waals surface area contributed by atoms with E-state index < -0.39 is 4.92 Å². The van der Waals surface area contributed by atoms with E-state index in [1.807, 2.05) is 12.1 Å². The van der Waals surface area contributed by atoms with E-state index in [-0.39, 0.29) is 33.6 Å². The quantitative estimate of drug-likeness (QED) is 0.356. The van der Waals surface area contributed by atoms with Crippen molar-refractivity contribution in [1.82, 2.24) is 15.0 Å². The van der Waals surface area contributed by atoms with E-state index in [0.29, 0.717) is 44.2 Å². The van der Waals surface area contributed by atoms with Crippen molar-refractivity contribution >= 4 is 28.9 Å². The van der Waals surface area contributed by atoms with Crippen LogP contribution in [0, 0.1) is 16.0 Å². The number of piperidine rings is 1. The van der Waals surface area contributed by atoms with Crippen LogP contribution < -0.4 is 5.32 Å². The minimum Gasteiger partial charge on any atom is -0.338 e. The fourth-order valence-electron chi connectivity index (χ4n) is 4.06. The molecule has 0 unspecified atom stereocenters. The third-order valence-electron chi connectivity index (χ3n) is 6.21. The van der Waals surface area contributed by atoms with Crippen molar-refractivity contribution in [3.8, 4) is 11.4 Å². The topological polar surface area (TPSA) is 114 Å². The fraction of sp³-hybridized carbons (Fsp3) is 0.400. The van der Waals surface area contributed by atoms with Gasteiger partial charge in [-0.15, -0.1) is 0 Å². The number of anilines is 1. The molecule has 1 N–H and O–H groups in total. The van der Waals surface area contributed by atoms with Crippen LogP contribution in [0.4, 0.5) is 11.4 Å². The lowest BCUT2D eigenvalue weighted by molar-refractivity contribution is -0.384. The molecule has 1 amide bonds. The number of benzene rings is 2. The lowest BCUT2D eigenvalue weighted by Gasteiger charge is -2.30. The number of nitro groups is 1. The summed E-state index contributed by atoms with van der Waals surface area (Å²) in [4.78, 5) is 29.9. The Hall–Kier alpha value is -3.30. The number of amides is 1. The number of halogens is 1. The first-order valence-corrected chi connectivity index (χ1v) is 11.9. The zero-order valence-corrected chi connectivity index (χ0v) is 20.7. The molecular weight excluding hydrogens is 470 g/mol. The first-order chi connectivity index (χ1) is 16.6. The van der Waals surface area contributed by atoms with Crippen LogP contribution in [0.1, 0.15) is 45.1 Å². The fourth-order valence-corrected chi connectivity index (χ4v) is 4.22. The molecule has 1 aliphatic rings. The molecule has 35 heavy (non-hydrogen) atoms. The molecule has 0 saturated carbocycles. The van der Waals surface area contributed by atoms with Gasteiger partial charge in [0.15, 0.2) is 0 Å². The molecule has 1 saturated heterocycles. The molecule has 2 heterocycles. The van der Waals surface area contributed by atoms with Crippen LogP contribution in [0.25, 0.3) is 11.4 Å². The number of hydrogen-bond donors (Lipinski definition) is 1. The van der Waals surface area contributed by atoms with Crippen molar-refractivity contribution in [3.05, 3.63) is 69.1 Å². The molecule has 1 fully saturated rings. The van der Waals surface area contributed by atoms with Crippen molar-refractivity contribution in [1.29, 1.82) is 0 Å². The van der Waals surface area contributed by atoms with E-state index in [2.05, 4.69) is 53.3 Å². The summed E-state index contributed by atoms with van der Waals surface area (Å²) in [5.41, 5.74) is 2.36. The van der Waals surface area contributed by atoms with Crippen molar-refractivity contribution in [3.63, 3.8) is 0 Å². The highest BCUT2D eigenvalue weighted by atomic mass is 35.5. The Morgan fingerprint density at radius 2 is 1.89 bits per heavy atom. The number of carbonyl (C=O) groups excluding carboxylic acids is 1. The number of hydrogen-bond acceptors (Lipinski definition) is 7. The molecular formula is C25H28ClN5O4. The van der Waals surface area contributed by atoms with E-state index in [1.54, 1.807) is 0 Å². The molecule has 0 aliphatic carbocycles. The van der Waals surface area contributed by atoms with Crippen LogP contribution in [0.5, 0.6) is 0 Å². The van der Waals surface area contributed by atoms with Gasteiger partial charge in [0.05, 0.1) is 22.2 Å². The summed E-state index contributed by atoms with van der Waals surface area (Å²) in [6.45, 7) is 8.41. The summed E-state index contributed by atoms with van der Waals surface area (Å²) in [6.07, 6.45) is 1.29. The first-order valence-electron chi connectivity index (χ1n) is 11.5. The van der Waals surface area contributed by atoms with E-state index in [0.717, 1.165) is 5.56 Å². The Labute approximate surface area is 208 Å². The molecule has 0 atom stereocenters. The molecule has 0 spiro atoms. The highest BCUT2D eigenvalue weighted by Gasteiger charge is 2.27. The number of aromatic nitrogens is 2. The van der Waals surface area contributed by atoms with Gasteiger partial charge in [-0.1, -0.05) is 61.8 Å². The number of rotatable bonds is 6. The molecule has 9 nitrogen and oxygen atoms in total. The van der Waals surface area contributed by atoms with Gasteiger partial charge in [0.2, 0.25) is 17.6 Å². The third kappa shape index (κ3) is 6.04. The largest absolute Gasteiger partial charge is 0.338 e. The lowest BCUT2D eigenvalue weighted by atomic mass is 9.87. The Morgan fingerprint density at radius 1 is 1.20 bits per heavy atom. The molecule has 184 valence electrons. The predicted octanol–water partition coefficient (Wildman–Crippen LogP) is 5.45. The molecule has 4 rings (SSSR count). The number of nitrogens with one attached hydrogen (secondary N) is 1. The van der Waals surface area contributed by atoms with E-state index >= 15 is 0 Å². The third-order valence-corrected chi connectivity index (χ3v) is 6.54. The predicted molar refractivity (Wildman–Crippen MR) is 133 cm³/mol. The number of non-ortho nitro benzene ring substituents is 1. The molecule has 3 aromatic rings. The minimum absolute atomic E-state index is 0.0787. The van der Waals surface area contributed by atoms with Crippen LogP contribution >= 0.6 is 11.6 Å². The average molecular weight is 498 g/mol. The van der Waals surface area contributed by atoms with Gasteiger partial charge in [0.25, 0.3) is 5.69 Å². The lowest BCUT2D eigenvalue weighted by Crippen LogP contribution is -2.37. The van der Waals surface area contributed by atoms with Crippen LogP contribution in [0.15, 0.2) is 47.0 Å². The second kappa shape index (κ2) is 10.1. The number of nitro benzene ring substituents is 1. The Balaban J connectivity index is 1.31. The van der Waals surface area contributed by atoms with Crippen LogP contribution in [-0.2, 0) is 16.8 Å². The second-order valence-electron chi connectivity index (χ2n) is 9.80. The summed E-state index contributed by atoms with van der Waals surface area (Å²) in [6, 6.07) is 12.2. The van der Waals surface area contributed by atoms with E-state index in [9.17, 15) is 14.9 Å². The maximum Gasteiger partial charge on any atom is 0.271 e. The zero-order valence-electron chi connectivity index (χ0n) is 20.0. The Morgan fingerprint density at radius 3 is 2.51 bits per heavy atom. The average Bonchev–Trinajstić information content (AvgIpc) is 3.29. The van der Waals surface area contributed by atoms with Crippen LogP contribution in [0.3, 0.4) is 0 Å². The molecule has 0 bridgehead atoms.